The second-order valence-electron chi connectivity index (χ2n) is 4.74. The summed E-state index contributed by atoms with van der Waals surface area (Å²) in [5.74, 6) is 0.996. The van der Waals surface area contributed by atoms with Crippen molar-refractivity contribution >= 4 is 0 Å². The fourth-order valence-electron chi connectivity index (χ4n) is 2.84. The first-order valence-electron chi connectivity index (χ1n) is 6.19. The van der Waals surface area contributed by atoms with Crippen molar-refractivity contribution < 1.29 is 9.52 Å². The zero-order chi connectivity index (χ0) is 11.4. The minimum atomic E-state index is 0.00153. The molecule has 1 fully saturated rings. The van der Waals surface area contributed by atoms with Crippen molar-refractivity contribution in [3.63, 3.8) is 0 Å². The molecular weight excluding hydrogens is 202 g/mol. The number of hydrogen-bond acceptors (Lipinski definition) is 3. The van der Waals surface area contributed by atoms with E-state index in [4.69, 9.17) is 4.42 Å². The fraction of sp³-hybridized carbons (Fsp3) is 0.692. The molecule has 2 rings (SSSR count). The van der Waals surface area contributed by atoms with E-state index < -0.39 is 0 Å². The van der Waals surface area contributed by atoms with Crippen LogP contribution in [0.15, 0.2) is 22.8 Å². The van der Waals surface area contributed by atoms with Crippen LogP contribution in [-0.2, 0) is 6.54 Å². The molecule has 1 atom stereocenters. The lowest BCUT2D eigenvalue weighted by Gasteiger charge is -2.36. The van der Waals surface area contributed by atoms with Gasteiger partial charge in [-0.2, -0.15) is 0 Å². The van der Waals surface area contributed by atoms with Crippen LogP contribution in [0.3, 0.4) is 0 Å². The lowest BCUT2D eigenvalue weighted by molar-refractivity contribution is 0.0457. The second-order valence-corrected chi connectivity index (χ2v) is 4.74. The smallest absolute Gasteiger partial charge is 0.117 e. The summed E-state index contributed by atoms with van der Waals surface area (Å²) < 4.78 is 5.39. The van der Waals surface area contributed by atoms with Crippen LogP contribution < -0.4 is 0 Å². The molecule has 90 valence electrons. The summed E-state index contributed by atoms with van der Waals surface area (Å²) in [6.45, 7) is 4.34. The first kappa shape index (κ1) is 11.7. The standard InChI is InChI=1S/C13H21NO2/c1-2-6-13(11-15)7-4-8-14(13)10-12-5-3-9-16-12/h3,5,9,15H,2,4,6-8,10-11H2,1H3/t13-/m1/s1. The van der Waals surface area contributed by atoms with Gasteiger partial charge in [0, 0.05) is 5.54 Å². The number of aliphatic hydroxyl groups excluding tert-OH is 1. The third-order valence-corrected chi connectivity index (χ3v) is 3.68. The van der Waals surface area contributed by atoms with Crippen LogP contribution >= 0.6 is 0 Å². The van der Waals surface area contributed by atoms with Gasteiger partial charge >= 0.3 is 0 Å². The van der Waals surface area contributed by atoms with Crippen LogP contribution in [0.1, 0.15) is 38.4 Å². The monoisotopic (exact) mass is 223 g/mol. The van der Waals surface area contributed by atoms with Crippen LogP contribution in [0.25, 0.3) is 0 Å². The van der Waals surface area contributed by atoms with Crippen LogP contribution in [0.4, 0.5) is 0 Å². The maximum Gasteiger partial charge on any atom is 0.117 e. The molecule has 1 saturated heterocycles. The van der Waals surface area contributed by atoms with Crippen molar-refractivity contribution in [1.82, 2.24) is 4.90 Å². The third kappa shape index (κ3) is 2.15. The van der Waals surface area contributed by atoms with Crippen LogP contribution in [0, 0.1) is 0 Å². The van der Waals surface area contributed by atoms with E-state index in [0.717, 1.165) is 38.1 Å². The Labute approximate surface area is 97.1 Å². The van der Waals surface area contributed by atoms with Gasteiger partial charge in [0.05, 0.1) is 19.4 Å². The first-order chi connectivity index (χ1) is 7.80. The van der Waals surface area contributed by atoms with Gasteiger partial charge in [0.2, 0.25) is 0 Å². The van der Waals surface area contributed by atoms with Gasteiger partial charge in [0.15, 0.2) is 0 Å². The molecule has 1 N–H and O–H groups in total. The van der Waals surface area contributed by atoms with E-state index >= 15 is 0 Å². The lowest BCUT2D eigenvalue weighted by atomic mass is 9.91. The zero-order valence-corrected chi connectivity index (χ0v) is 9.98. The average molecular weight is 223 g/mol. The van der Waals surface area contributed by atoms with Crippen molar-refractivity contribution in [2.24, 2.45) is 0 Å². The predicted octanol–water partition coefficient (Wildman–Crippen LogP) is 2.41. The number of likely N-dealkylation sites (tertiary alicyclic amines) is 1. The van der Waals surface area contributed by atoms with Crippen molar-refractivity contribution in [2.45, 2.75) is 44.7 Å². The Morgan fingerprint density at radius 2 is 2.44 bits per heavy atom. The maximum atomic E-state index is 9.67. The maximum absolute atomic E-state index is 9.67. The van der Waals surface area contributed by atoms with Gasteiger partial charge in [-0.15, -0.1) is 0 Å². The van der Waals surface area contributed by atoms with E-state index in [0.29, 0.717) is 0 Å². The number of furan rings is 1. The molecule has 3 nitrogen and oxygen atoms in total. The van der Waals surface area contributed by atoms with E-state index in [1.807, 2.05) is 12.1 Å². The molecule has 1 aromatic rings. The van der Waals surface area contributed by atoms with Crippen LogP contribution in [0.2, 0.25) is 0 Å². The summed E-state index contributed by atoms with van der Waals surface area (Å²) in [5.41, 5.74) is 0.00153. The van der Waals surface area contributed by atoms with Crippen molar-refractivity contribution in [3.05, 3.63) is 24.2 Å². The molecular formula is C13H21NO2. The number of rotatable bonds is 5. The van der Waals surface area contributed by atoms with Gasteiger partial charge in [-0.1, -0.05) is 13.3 Å². The highest BCUT2D eigenvalue weighted by Crippen LogP contribution is 2.34. The quantitative estimate of drug-likeness (QED) is 0.832. The molecule has 0 saturated carbocycles. The van der Waals surface area contributed by atoms with Gasteiger partial charge in [-0.05, 0) is 37.9 Å². The van der Waals surface area contributed by atoms with Crippen LogP contribution in [0.5, 0.6) is 0 Å². The Balaban J connectivity index is 2.07. The number of hydrogen-bond donors (Lipinski definition) is 1. The van der Waals surface area contributed by atoms with E-state index in [1.165, 1.54) is 6.42 Å². The predicted molar refractivity (Wildman–Crippen MR) is 63.1 cm³/mol. The van der Waals surface area contributed by atoms with Gasteiger partial charge in [-0.25, -0.2) is 0 Å². The summed E-state index contributed by atoms with van der Waals surface area (Å²) in [4.78, 5) is 2.38. The summed E-state index contributed by atoms with van der Waals surface area (Å²) in [5, 5.41) is 9.67. The molecule has 16 heavy (non-hydrogen) atoms. The topological polar surface area (TPSA) is 36.6 Å². The molecule has 0 aromatic carbocycles. The molecule has 0 unspecified atom stereocenters. The van der Waals surface area contributed by atoms with E-state index in [9.17, 15) is 5.11 Å². The highest BCUT2D eigenvalue weighted by atomic mass is 16.3. The molecule has 2 heterocycles. The Morgan fingerprint density at radius 1 is 1.56 bits per heavy atom. The Kier molecular flexibility index (Phi) is 3.66. The molecule has 0 amide bonds. The SMILES string of the molecule is CCC[C@]1(CO)CCCN1Cc1ccco1. The van der Waals surface area contributed by atoms with E-state index in [2.05, 4.69) is 11.8 Å². The first-order valence-corrected chi connectivity index (χ1v) is 6.19. The summed E-state index contributed by atoms with van der Waals surface area (Å²) >= 11 is 0. The van der Waals surface area contributed by atoms with Gasteiger partial charge in [0.1, 0.15) is 5.76 Å². The Hall–Kier alpha value is -0.800. The number of aliphatic hydroxyl groups is 1. The Bertz CT molecular complexity index is 310. The average Bonchev–Trinajstić information content (AvgIpc) is 2.91. The van der Waals surface area contributed by atoms with Crippen LogP contribution in [-0.4, -0.2) is 28.7 Å². The normalized spacial score (nSPS) is 26.4. The molecule has 1 aromatic heterocycles. The summed E-state index contributed by atoms with van der Waals surface area (Å²) in [6.07, 6.45) is 6.20. The largest absolute Gasteiger partial charge is 0.468 e. The highest BCUT2D eigenvalue weighted by Gasteiger charge is 2.39. The van der Waals surface area contributed by atoms with Gasteiger partial charge in [-0.3, -0.25) is 4.90 Å². The van der Waals surface area contributed by atoms with Gasteiger partial charge in [0.25, 0.3) is 0 Å². The molecule has 0 bridgehead atoms. The Morgan fingerprint density at radius 3 is 3.06 bits per heavy atom. The number of nitrogens with zero attached hydrogens (tertiary/aromatic N) is 1. The van der Waals surface area contributed by atoms with E-state index in [1.54, 1.807) is 6.26 Å². The molecule has 1 aliphatic rings. The molecule has 0 aliphatic carbocycles. The van der Waals surface area contributed by atoms with Crippen molar-refractivity contribution in [3.8, 4) is 0 Å². The second kappa shape index (κ2) is 5.02. The molecule has 1 aliphatic heterocycles. The van der Waals surface area contributed by atoms with Gasteiger partial charge < -0.3 is 9.52 Å². The summed E-state index contributed by atoms with van der Waals surface area (Å²) in [6, 6.07) is 3.93. The minimum Gasteiger partial charge on any atom is -0.468 e. The van der Waals surface area contributed by atoms with Crippen molar-refractivity contribution in [2.75, 3.05) is 13.2 Å². The van der Waals surface area contributed by atoms with E-state index in [-0.39, 0.29) is 12.1 Å². The molecule has 0 radical (unpaired) electrons. The lowest BCUT2D eigenvalue weighted by Crippen LogP contribution is -2.46. The molecule has 0 spiro atoms. The highest BCUT2D eigenvalue weighted by molar-refractivity contribution is 5.02. The fourth-order valence-corrected chi connectivity index (χ4v) is 2.84. The van der Waals surface area contributed by atoms with Crippen molar-refractivity contribution in [1.29, 1.82) is 0 Å². The third-order valence-electron chi connectivity index (χ3n) is 3.68. The minimum absolute atomic E-state index is 0.00153. The zero-order valence-electron chi connectivity index (χ0n) is 9.98. The molecule has 3 heteroatoms. The summed E-state index contributed by atoms with van der Waals surface area (Å²) in [7, 11) is 0.